The first-order chi connectivity index (χ1) is 10.8. The van der Waals surface area contributed by atoms with Crippen LogP contribution in [0.2, 0.25) is 0 Å². The van der Waals surface area contributed by atoms with Crippen LogP contribution in [0.4, 0.5) is 5.82 Å². The molecule has 1 aromatic carbocycles. The number of benzene rings is 1. The third kappa shape index (κ3) is 2.01. The molecule has 2 aromatic heterocycles. The van der Waals surface area contributed by atoms with Crippen LogP contribution in [0, 0.1) is 0 Å². The highest BCUT2D eigenvalue weighted by Gasteiger charge is 2.28. The summed E-state index contributed by atoms with van der Waals surface area (Å²) in [7, 11) is 0. The molecular weight excluding hydrogens is 282 g/mol. The van der Waals surface area contributed by atoms with E-state index in [1.807, 2.05) is 24.3 Å². The van der Waals surface area contributed by atoms with Crippen molar-refractivity contribution in [2.75, 3.05) is 5.32 Å². The van der Waals surface area contributed by atoms with Crippen molar-refractivity contribution in [2.24, 2.45) is 0 Å². The van der Waals surface area contributed by atoms with E-state index in [-0.39, 0.29) is 18.2 Å². The number of para-hydroxylation sites is 1. The predicted molar refractivity (Wildman–Crippen MR) is 78.5 cm³/mol. The number of amides is 1. The third-order valence-electron chi connectivity index (χ3n) is 3.41. The highest BCUT2D eigenvalue weighted by molar-refractivity contribution is 6.04. The Labute approximate surface area is 125 Å². The quantitative estimate of drug-likeness (QED) is 0.786. The minimum Gasteiger partial charge on any atom is -0.488 e. The van der Waals surface area contributed by atoms with E-state index in [4.69, 9.17) is 9.26 Å². The van der Waals surface area contributed by atoms with Crippen molar-refractivity contribution in [1.82, 2.24) is 10.1 Å². The number of rotatable bonds is 2. The van der Waals surface area contributed by atoms with Crippen LogP contribution >= 0.6 is 0 Å². The van der Waals surface area contributed by atoms with Gasteiger partial charge in [0.25, 0.3) is 5.91 Å². The number of pyridine rings is 1. The molecule has 1 aliphatic rings. The minimum absolute atomic E-state index is 0.218. The smallest absolute Gasteiger partial charge is 0.279 e. The van der Waals surface area contributed by atoms with Crippen molar-refractivity contribution in [3.63, 3.8) is 0 Å². The highest BCUT2D eigenvalue weighted by atomic mass is 16.5. The van der Waals surface area contributed by atoms with Gasteiger partial charge in [-0.25, -0.2) is 4.98 Å². The lowest BCUT2D eigenvalue weighted by Gasteiger charge is -2.15. The average Bonchev–Trinajstić information content (AvgIpc) is 3.00. The molecule has 0 aliphatic carbocycles. The van der Waals surface area contributed by atoms with Gasteiger partial charge in [-0.2, -0.15) is 0 Å². The van der Waals surface area contributed by atoms with Crippen LogP contribution in [0.5, 0.6) is 5.75 Å². The van der Waals surface area contributed by atoms with Gasteiger partial charge < -0.3 is 14.6 Å². The molecule has 3 aromatic rings. The Hall–Kier alpha value is -3.15. The number of fused-ring (bicyclic) bond motifs is 3. The Morgan fingerprint density at radius 3 is 2.86 bits per heavy atom. The fourth-order valence-corrected chi connectivity index (χ4v) is 2.38. The van der Waals surface area contributed by atoms with Crippen molar-refractivity contribution in [3.8, 4) is 17.1 Å². The molecule has 0 saturated heterocycles. The van der Waals surface area contributed by atoms with E-state index in [0.29, 0.717) is 17.1 Å². The SMILES string of the molecule is O=C(Nc1ccccn1)c1noc2c1COc1ccccc1-2. The number of hydrogen-bond acceptors (Lipinski definition) is 5. The summed E-state index contributed by atoms with van der Waals surface area (Å²) >= 11 is 0. The zero-order valence-electron chi connectivity index (χ0n) is 11.4. The van der Waals surface area contributed by atoms with Gasteiger partial charge in [0.05, 0.1) is 11.1 Å². The zero-order chi connectivity index (χ0) is 14.9. The molecule has 1 amide bonds. The lowest BCUT2D eigenvalue weighted by atomic mass is 10.0. The van der Waals surface area contributed by atoms with Gasteiger partial charge in [-0.15, -0.1) is 0 Å². The van der Waals surface area contributed by atoms with Crippen LogP contribution in [0.1, 0.15) is 16.1 Å². The van der Waals surface area contributed by atoms with Crippen molar-refractivity contribution in [2.45, 2.75) is 6.61 Å². The summed E-state index contributed by atoms with van der Waals surface area (Å²) in [6.45, 7) is 0.251. The van der Waals surface area contributed by atoms with Crippen LogP contribution in [-0.4, -0.2) is 16.0 Å². The number of hydrogen-bond donors (Lipinski definition) is 1. The summed E-state index contributed by atoms with van der Waals surface area (Å²) < 4.78 is 11.0. The lowest BCUT2D eigenvalue weighted by molar-refractivity contribution is 0.101. The first kappa shape index (κ1) is 12.6. The summed E-state index contributed by atoms with van der Waals surface area (Å²) in [6.07, 6.45) is 1.60. The van der Waals surface area contributed by atoms with Gasteiger partial charge in [0.15, 0.2) is 11.5 Å². The monoisotopic (exact) mass is 293 g/mol. The minimum atomic E-state index is -0.369. The second-order valence-electron chi connectivity index (χ2n) is 4.79. The summed E-state index contributed by atoms with van der Waals surface area (Å²) in [6, 6.07) is 12.8. The predicted octanol–water partition coefficient (Wildman–Crippen LogP) is 2.88. The molecule has 0 bridgehead atoms. The number of nitrogens with zero attached hydrogens (tertiary/aromatic N) is 2. The van der Waals surface area contributed by atoms with E-state index >= 15 is 0 Å². The van der Waals surface area contributed by atoms with Crippen molar-refractivity contribution >= 4 is 11.7 Å². The third-order valence-corrected chi connectivity index (χ3v) is 3.41. The molecule has 108 valence electrons. The van der Waals surface area contributed by atoms with E-state index in [1.165, 1.54) is 0 Å². The summed E-state index contributed by atoms with van der Waals surface area (Å²) in [5.41, 5.74) is 1.66. The van der Waals surface area contributed by atoms with E-state index < -0.39 is 0 Å². The first-order valence-electron chi connectivity index (χ1n) is 6.76. The van der Waals surface area contributed by atoms with Crippen LogP contribution < -0.4 is 10.1 Å². The van der Waals surface area contributed by atoms with E-state index in [9.17, 15) is 4.79 Å². The van der Waals surface area contributed by atoms with Gasteiger partial charge in [0.2, 0.25) is 0 Å². The van der Waals surface area contributed by atoms with Crippen molar-refractivity contribution in [3.05, 3.63) is 59.9 Å². The highest BCUT2D eigenvalue weighted by Crippen LogP contribution is 2.38. The average molecular weight is 293 g/mol. The Kier molecular flexibility index (Phi) is 2.86. The molecule has 22 heavy (non-hydrogen) atoms. The molecule has 0 saturated carbocycles. The van der Waals surface area contributed by atoms with E-state index in [1.54, 1.807) is 24.4 Å². The maximum atomic E-state index is 12.3. The fourth-order valence-electron chi connectivity index (χ4n) is 2.38. The van der Waals surface area contributed by atoms with Gasteiger partial charge in [0, 0.05) is 6.20 Å². The van der Waals surface area contributed by atoms with E-state index in [2.05, 4.69) is 15.5 Å². The van der Waals surface area contributed by atoms with Crippen LogP contribution in [-0.2, 0) is 6.61 Å². The van der Waals surface area contributed by atoms with Gasteiger partial charge >= 0.3 is 0 Å². The Morgan fingerprint density at radius 1 is 1.14 bits per heavy atom. The molecule has 0 fully saturated rings. The number of carbonyl (C=O) groups excluding carboxylic acids is 1. The maximum absolute atomic E-state index is 12.3. The second kappa shape index (κ2) is 5.00. The Bertz CT molecular complexity index is 843. The topological polar surface area (TPSA) is 77.3 Å². The number of ether oxygens (including phenoxy) is 1. The molecule has 6 nitrogen and oxygen atoms in total. The van der Waals surface area contributed by atoms with Crippen LogP contribution in [0.15, 0.2) is 53.2 Å². The Balaban J connectivity index is 1.69. The molecule has 3 heterocycles. The molecule has 0 atom stereocenters. The number of aromatic nitrogens is 2. The summed E-state index contributed by atoms with van der Waals surface area (Å²) in [5.74, 6) is 1.39. The number of nitrogens with one attached hydrogen (secondary N) is 1. The van der Waals surface area contributed by atoms with Gasteiger partial charge in [-0.1, -0.05) is 23.4 Å². The molecule has 0 spiro atoms. The van der Waals surface area contributed by atoms with Crippen molar-refractivity contribution in [1.29, 1.82) is 0 Å². The second-order valence-corrected chi connectivity index (χ2v) is 4.79. The van der Waals surface area contributed by atoms with E-state index in [0.717, 1.165) is 11.3 Å². The van der Waals surface area contributed by atoms with Crippen LogP contribution in [0.25, 0.3) is 11.3 Å². The number of anilines is 1. The first-order valence-corrected chi connectivity index (χ1v) is 6.76. The molecular formula is C16H11N3O3. The molecule has 4 rings (SSSR count). The normalized spacial score (nSPS) is 12.0. The molecule has 0 radical (unpaired) electrons. The molecule has 0 unspecified atom stereocenters. The van der Waals surface area contributed by atoms with Gasteiger partial charge in [-0.3, -0.25) is 4.79 Å². The van der Waals surface area contributed by atoms with Crippen LogP contribution in [0.3, 0.4) is 0 Å². The van der Waals surface area contributed by atoms with Crippen molar-refractivity contribution < 1.29 is 14.1 Å². The zero-order valence-corrected chi connectivity index (χ0v) is 11.4. The Morgan fingerprint density at radius 2 is 2.00 bits per heavy atom. The maximum Gasteiger partial charge on any atom is 0.279 e. The summed E-state index contributed by atoms with van der Waals surface area (Å²) in [4.78, 5) is 16.4. The fraction of sp³-hybridized carbons (Fsp3) is 0.0625. The molecule has 6 heteroatoms. The largest absolute Gasteiger partial charge is 0.488 e. The number of carbonyl (C=O) groups is 1. The lowest BCUT2D eigenvalue weighted by Crippen LogP contribution is -2.16. The summed E-state index contributed by atoms with van der Waals surface area (Å²) in [5, 5.41) is 6.59. The van der Waals surface area contributed by atoms with Gasteiger partial charge in [0.1, 0.15) is 18.2 Å². The standard InChI is InChI=1S/C16H11N3O3/c20-16(18-13-7-3-4-8-17-13)14-11-9-21-12-6-2-1-5-10(12)15(11)22-19-14/h1-8H,9H2,(H,17,18,20). The molecule has 1 aliphatic heterocycles. The van der Waals surface area contributed by atoms with Gasteiger partial charge in [-0.05, 0) is 24.3 Å². The molecule has 1 N–H and O–H groups in total.